The molecule has 1 aromatic heterocycles. The van der Waals surface area contributed by atoms with Crippen LogP contribution in [0.15, 0.2) is 53.3 Å². The summed E-state index contributed by atoms with van der Waals surface area (Å²) >= 11 is 0. The van der Waals surface area contributed by atoms with E-state index in [0.717, 1.165) is 9.58 Å². The Balaban J connectivity index is 1.58. The van der Waals surface area contributed by atoms with Crippen molar-refractivity contribution < 1.29 is 19.1 Å². The van der Waals surface area contributed by atoms with Gasteiger partial charge < -0.3 is 4.74 Å². The van der Waals surface area contributed by atoms with Crippen LogP contribution in [0.25, 0.3) is 10.9 Å². The topological polar surface area (TPSA) is 111 Å². The van der Waals surface area contributed by atoms with Crippen molar-refractivity contribution in [3.63, 3.8) is 0 Å². The van der Waals surface area contributed by atoms with Gasteiger partial charge in [-0.25, -0.2) is 4.79 Å². The molecule has 0 unspecified atom stereocenters. The number of imide groups is 1. The summed E-state index contributed by atoms with van der Waals surface area (Å²) in [5.74, 6) is -1.85. The largest absolute Gasteiger partial charge is 0.441 e. The second-order valence-electron chi connectivity index (χ2n) is 7.67. The molecule has 2 heterocycles. The molecule has 0 N–H and O–H groups in total. The zero-order chi connectivity index (χ0) is 22.1. The monoisotopic (exact) mass is 420 g/mol. The maximum Gasteiger partial charge on any atom is 0.331 e. The van der Waals surface area contributed by atoms with Crippen LogP contribution in [0.1, 0.15) is 41.0 Å². The highest BCUT2D eigenvalue weighted by Gasteiger charge is 2.43. The number of aromatic nitrogens is 3. The number of hydrogen-bond acceptors (Lipinski definition) is 7. The van der Waals surface area contributed by atoms with Gasteiger partial charge in [0, 0.05) is 0 Å². The fraction of sp³-hybridized carbons (Fsp3) is 0.273. The molecule has 1 aliphatic heterocycles. The van der Waals surface area contributed by atoms with Gasteiger partial charge >= 0.3 is 5.97 Å². The van der Waals surface area contributed by atoms with Gasteiger partial charge in [0.25, 0.3) is 17.4 Å². The van der Waals surface area contributed by atoms with Crippen molar-refractivity contribution in [3.8, 4) is 0 Å². The Kier molecular flexibility index (Phi) is 5.33. The molecule has 0 fully saturated rings. The first-order valence-corrected chi connectivity index (χ1v) is 9.84. The van der Waals surface area contributed by atoms with E-state index in [9.17, 15) is 19.2 Å². The minimum Gasteiger partial charge on any atom is -0.441 e. The second kappa shape index (κ2) is 8.10. The lowest BCUT2D eigenvalue weighted by Gasteiger charge is -2.25. The third-order valence-corrected chi connectivity index (χ3v) is 5.06. The van der Waals surface area contributed by atoms with Crippen LogP contribution in [0.2, 0.25) is 0 Å². The van der Waals surface area contributed by atoms with Gasteiger partial charge in [0.1, 0.15) is 11.6 Å². The van der Waals surface area contributed by atoms with Gasteiger partial charge in [-0.05, 0) is 36.6 Å². The number of fused-ring (bicyclic) bond motifs is 2. The first-order valence-electron chi connectivity index (χ1n) is 9.84. The summed E-state index contributed by atoms with van der Waals surface area (Å²) in [6, 6.07) is 12.0. The van der Waals surface area contributed by atoms with E-state index in [2.05, 4.69) is 10.3 Å². The lowest BCUT2D eigenvalue weighted by atomic mass is 10.0. The van der Waals surface area contributed by atoms with Gasteiger partial charge in [-0.1, -0.05) is 43.3 Å². The lowest BCUT2D eigenvalue weighted by molar-refractivity contribution is -0.153. The zero-order valence-electron chi connectivity index (χ0n) is 17.0. The minimum atomic E-state index is -1.11. The third kappa shape index (κ3) is 3.70. The smallest absolute Gasteiger partial charge is 0.331 e. The van der Waals surface area contributed by atoms with Crippen molar-refractivity contribution in [1.29, 1.82) is 0 Å². The highest BCUT2D eigenvalue weighted by molar-refractivity contribution is 6.22. The van der Waals surface area contributed by atoms with Crippen LogP contribution in [-0.2, 0) is 16.3 Å². The zero-order valence-corrected chi connectivity index (χ0v) is 17.0. The van der Waals surface area contributed by atoms with Crippen LogP contribution in [-0.4, -0.2) is 43.7 Å². The summed E-state index contributed by atoms with van der Waals surface area (Å²) < 4.78 is 6.23. The van der Waals surface area contributed by atoms with Crippen molar-refractivity contribution in [2.24, 2.45) is 5.92 Å². The molecule has 1 aliphatic rings. The number of rotatable bonds is 6. The van der Waals surface area contributed by atoms with Crippen LogP contribution in [0, 0.1) is 5.92 Å². The van der Waals surface area contributed by atoms with Crippen molar-refractivity contribution in [2.45, 2.75) is 33.0 Å². The molecule has 2 aromatic carbocycles. The second-order valence-corrected chi connectivity index (χ2v) is 7.67. The number of ether oxygens (including phenoxy) is 1. The number of carbonyl (C=O) groups excluding carboxylic acids is 3. The fourth-order valence-electron chi connectivity index (χ4n) is 3.57. The average molecular weight is 420 g/mol. The minimum absolute atomic E-state index is 0.00467. The molecular formula is C22H20N4O5. The molecule has 0 saturated carbocycles. The van der Waals surface area contributed by atoms with E-state index in [-0.39, 0.29) is 23.5 Å². The SMILES string of the molecule is CC(C)C[C@H](C(=O)OCn1nnc2ccccc2c1=O)N1C(=O)c2ccccc2C1=O. The van der Waals surface area contributed by atoms with E-state index in [1.54, 1.807) is 48.5 Å². The first-order chi connectivity index (χ1) is 14.9. The van der Waals surface area contributed by atoms with Crippen LogP contribution >= 0.6 is 0 Å². The predicted octanol–water partition coefficient (Wildman–Crippen LogP) is 2.00. The Labute approximate surface area is 177 Å². The third-order valence-electron chi connectivity index (χ3n) is 5.06. The molecule has 4 rings (SSSR count). The van der Waals surface area contributed by atoms with Crippen molar-refractivity contribution in [1.82, 2.24) is 19.9 Å². The number of amides is 2. The highest BCUT2D eigenvalue weighted by Crippen LogP contribution is 2.27. The molecule has 158 valence electrons. The number of nitrogens with zero attached hydrogens (tertiary/aromatic N) is 4. The van der Waals surface area contributed by atoms with E-state index in [0.29, 0.717) is 10.9 Å². The van der Waals surface area contributed by atoms with E-state index in [1.807, 2.05) is 13.8 Å². The summed E-state index contributed by atoms with van der Waals surface area (Å²) in [5.41, 5.74) is 0.481. The van der Waals surface area contributed by atoms with E-state index >= 15 is 0 Å². The number of benzene rings is 2. The molecule has 31 heavy (non-hydrogen) atoms. The van der Waals surface area contributed by atoms with E-state index in [4.69, 9.17) is 4.74 Å². The normalized spacial score (nSPS) is 14.2. The molecule has 9 heteroatoms. The fourth-order valence-corrected chi connectivity index (χ4v) is 3.57. The quantitative estimate of drug-likeness (QED) is 0.443. The molecule has 0 radical (unpaired) electrons. The molecule has 3 aromatic rings. The molecule has 1 atom stereocenters. The Bertz CT molecular complexity index is 1210. The Morgan fingerprint density at radius 3 is 2.23 bits per heavy atom. The van der Waals surface area contributed by atoms with Crippen molar-refractivity contribution in [2.75, 3.05) is 0 Å². The maximum absolute atomic E-state index is 12.9. The summed E-state index contributed by atoms with van der Waals surface area (Å²) in [6.45, 7) is 3.27. The summed E-state index contributed by atoms with van der Waals surface area (Å²) in [7, 11) is 0. The van der Waals surface area contributed by atoms with Gasteiger partial charge in [-0.15, -0.1) is 5.10 Å². The molecule has 2 amide bonds. The number of carbonyl (C=O) groups is 3. The molecule has 0 spiro atoms. The maximum atomic E-state index is 12.9. The lowest BCUT2D eigenvalue weighted by Crippen LogP contribution is -2.46. The van der Waals surface area contributed by atoms with Gasteiger partial charge in [-0.2, -0.15) is 4.68 Å². The summed E-state index contributed by atoms with van der Waals surface area (Å²) in [4.78, 5) is 52.1. The van der Waals surface area contributed by atoms with Crippen LogP contribution in [0.4, 0.5) is 0 Å². The molecule has 9 nitrogen and oxygen atoms in total. The van der Waals surface area contributed by atoms with Gasteiger partial charge in [0.15, 0.2) is 6.73 Å². The highest BCUT2D eigenvalue weighted by atomic mass is 16.5. The number of esters is 1. The number of hydrogen-bond donors (Lipinski definition) is 0. The van der Waals surface area contributed by atoms with Gasteiger partial charge in [0.05, 0.1) is 16.5 Å². The molecule has 0 saturated heterocycles. The average Bonchev–Trinajstić information content (AvgIpc) is 3.02. The van der Waals surface area contributed by atoms with E-state index < -0.39 is 36.1 Å². The van der Waals surface area contributed by atoms with Gasteiger partial charge in [0.2, 0.25) is 0 Å². The van der Waals surface area contributed by atoms with Crippen LogP contribution in [0.5, 0.6) is 0 Å². The first kappa shape index (κ1) is 20.4. The van der Waals surface area contributed by atoms with Crippen LogP contribution < -0.4 is 5.56 Å². The molecule has 0 bridgehead atoms. The predicted molar refractivity (Wildman–Crippen MR) is 110 cm³/mol. The van der Waals surface area contributed by atoms with Crippen molar-refractivity contribution in [3.05, 3.63) is 70.0 Å². The summed E-state index contributed by atoms with van der Waals surface area (Å²) in [6.07, 6.45) is 0.225. The molecular weight excluding hydrogens is 400 g/mol. The van der Waals surface area contributed by atoms with Gasteiger partial charge in [-0.3, -0.25) is 19.3 Å². The van der Waals surface area contributed by atoms with Crippen molar-refractivity contribution >= 4 is 28.7 Å². The Hall–Kier alpha value is -3.88. The van der Waals surface area contributed by atoms with E-state index in [1.165, 1.54) is 0 Å². The summed E-state index contributed by atoms with van der Waals surface area (Å²) in [5, 5.41) is 8.07. The van der Waals surface area contributed by atoms with Crippen LogP contribution in [0.3, 0.4) is 0 Å². The Morgan fingerprint density at radius 1 is 0.968 bits per heavy atom. The molecule has 0 aliphatic carbocycles. The standard InChI is InChI=1S/C22H20N4O5/c1-13(2)11-18(26-20(28)14-7-3-4-8-15(14)21(26)29)22(30)31-12-25-19(27)16-9-5-6-10-17(16)23-24-25/h3-10,13,18H,11-12H2,1-2H3/t18-/m1/s1. The Morgan fingerprint density at radius 2 is 1.58 bits per heavy atom.